The third-order valence-electron chi connectivity index (χ3n) is 4.68. The molecular formula is C17H25ClN4O2. The van der Waals surface area contributed by atoms with Gasteiger partial charge in [-0.2, -0.15) is 0 Å². The molecule has 0 saturated carbocycles. The molecule has 2 heterocycles. The van der Waals surface area contributed by atoms with Crippen molar-refractivity contribution in [2.45, 2.75) is 25.3 Å². The van der Waals surface area contributed by atoms with Crippen LogP contribution in [0.1, 0.15) is 29.6 Å². The summed E-state index contributed by atoms with van der Waals surface area (Å²) in [4.78, 5) is 28.3. The van der Waals surface area contributed by atoms with Crippen molar-refractivity contribution in [3.05, 3.63) is 29.8 Å². The summed E-state index contributed by atoms with van der Waals surface area (Å²) < 4.78 is 0. The normalized spacial score (nSPS) is 18.8. The monoisotopic (exact) mass is 352 g/mol. The fraction of sp³-hybridized carbons (Fsp3) is 0.529. The predicted molar refractivity (Wildman–Crippen MR) is 97.0 cm³/mol. The van der Waals surface area contributed by atoms with E-state index >= 15 is 0 Å². The number of carbonyl (C=O) groups excluding carboxylic acids is 2. The number of hydrogen-bond acceptors (Lipinski definition) is 3. The second kappa shape index (κ2) is 8.35. The maximum Gasteiger partial charge on any atom is 0.321 e. The molecule has 2 N–H and O–H groups in total. The molecule has 7 heteroatoms. The van der Waals surface area contributed by atoms with Crippen LogP contribution in [-0.2, 0) is 0 Å². The zero-order valence-electron chi connectivity index (χ0n) is 14.0. The maximum atomic E-state index is 12.7. The number of amides is 3. The van der Waals surface area contributed by atoms with Gasteiger partial charge in [-0.25, -0.2) is 4.79 Å². The molecule has 0 spiro atoms. The zero-order chi connectivity index (χ0) is 16.2. The van der Waals surface area contributed by atoms with Crippen LogP contribution in [0.4, 0.5) is 10.5 Å². The molecule has 3 rings (SSSR count). The molecule has 2 fully saturated rings. The Labute approximate surface area is 149 Å². The molecule has 2 aliphatic rings. The van der Waals surface area contributed by atoms with Gasteiger partial charge in [0.1, 0.15) is 0 Å². The van der Waals surface area contributed by atoms with E-state index in [1.165, 1.54) is 0 Å². The first-order valence-corrected chi connectivity index (χ1v) is 8.31. The van der Waals surface area contributed by atoms with E-state index in [9.17, 15) is 9.59 Å². The van der Waals surface area contributed by atoms with E-state index in [0.717, 1.165) is 38.0 Å². The van der Waals surface area contributed by atoms with Crippen molar-refractivity contribution < 1.29 is 9.59 Å². The van der Waals surface area contributed by atoms with Gasteiger partial charge in [-0.3, -0.25) is 9.69 Å². The van der Waals surface area contributed by atoms with E-state index in [1.807, 2.05) is 36.2 Å². The van der Waals surface area contributed by atoms with E-state index in [1.54, 1.807) is 4.90 Å². The van der Waals surface area contributed by atoms with E-state index in [4.69, 9.17) is 0 Å². The Balaban J connectivity index is 0.00000208. The number of rotatable bonds is 3. The number of halogens is 1. The number of piperidine rings is 1. The van der Waals surface area contributed by atoms with E-state index in [0.29, 0.717) is 24.7 Å². The lowest BCUT2D eigenvalue weighted by molar-refractivity contribution is 0.0707. The summed E-state index contributed by atoms with van der Waals surface area (Å²) in [6.45, 7) is 2.96. The van der Waals surface area contributed by atoms with Crippen molar-refractivity contribution >= 4 is 30.0 Å². The molecular weight excluding hydrogens is 328 g/mol. The third-order valence-corrected chi connectivity index (χ3v) is 4.68. The van der Waals surface area contributed by atoms with Crippen molar-refractivity contribution in [1.82, 2.24) is 15.5 Å². The van der Waals surface area contributed by atoms with Gasteiger partial charge < -0.3 is 15.5 Å². The first-order chi connectivity index (χ1) is 11.2. The summed E-state index contributed by atoms with van der Waals surface area (Å²) in [5.41, 5.74) is 1.45. The number of carbonyl (C=O) groups is 2. The Morgan fingerprint density at radius 2 is 2.00 bits per heavy atom. The van der Waals surface area contributed by atoms with Gasteiger partial charge in [-0.15, -0.1) is 12.4 Å². The number of urea groups is 1. The molecule has 0 atom stereocenters. The quantitative estimate of drug-likeness (QED) is 0.872. The summed E-state index contributed by atoms with van der Waals surface area (Å²) >= 11 is 0. The van der Waals surface area contributed by atoms with Crippen LogP contribution in [0, 0.1) is 0 Å². The molecule has 2 aliphatic heterocycles. The number of nitrogens with zero attached hydrogens (tertiary/aromatic N) is 2. The largest absolute Gasteiger partial charge is 0.339 e. The molecule has 0 bridgehead atoms. The Bertz CT molecular complexity index is 588. The van der Waals surface area contributed by atoms with Gasteiger partial charge in [-0.1, -0.05) is 6.07 Å². The van der Waals surface area contributed by atoms with Crippen LogP contribution < -0.4 is 15.5 Å². The highest BCUT2D eigenvalue weighted by atomic mass is 35.5. The topological polar surface area (TPSA) is 64.7 Å². The average Bonchev–Trinajstić information content (AvgIpc) is 2.62. The molecule has 2 saturated heterocycles. The second-order valence-electron chi connectivity index (χ2n) is 6.14. The lowest BCUT2D eigenvalue weighted by atomic mass is 10.0. The van der Waals surface area contributed by atoms with Gasteiger partial charge in [0.15, 0.2) is 0 Å². The van der Waals surface area contributed by atoms with Crippen molar-refractivity contribution in [2.75, 3.05) is 38.1 Å². The highest BCUT2D eigenvalue weighted by molar-refractivity contribution is 5.98. The Kier molecular flexibility index (Phi) is 6.45. The van der Waals surface area contributed by atoms with Gasteiger partial charge in [0.05, 0.1) is 0 Å². The fourth-order valence-electron chi connectivity index (χ4n) is 3.24. The minimum atomic E-state index is -0.0873. The highest BCUT2D eigenvalue weighted by Gasteiger charge is 2.24. The third kappa shape index (κ3) is 3.99. The van der Waals surface area contributed by atoms with Gasteiger partial charge in [0.2, 0.25) is 0 Å². The average molecular weight is 353 g/mol. The lowest BCUT2D eigenvalue weighted by Gasteiger charge is -2.32. The molecule has 1 aromatic carbocycles. The maximum absolute atomic E-state index is 12.7. The molecule has 24 heavy (non-hydrogen) atoms. The summed E-state index contributed by atoms with van der Waals surface area (Å²) in [6.07, 6.45) is 2.88. The fourth-order valence-corrected chi connectivity index (χ4v) is 3.24. The van der Waals surface area contributed by atoms with Crippen LogP contribution in [0.5, 0.6) is 0 Å². The summed E-state index contributed by atoms with van der Waals surface area (Å²) in [5.74, 6) is 0.0545. The van der Waals surface area contributed by atoms with Crippen LogP contribution in [0.25, 0.3) is 0 Å². The summed E-state index contributed by atoms with van der Waals surface area (Å²) in [5, 5.41) is 6.11. The molecule has 3 amide bonds. The molecule has 0 aliphatic carbocycles. The first-order valence-electron chi connectivity index (χ1n) is 8.31. The van der Waals surface area contributed by atoms with Crippen LogP contribution in [0.3, 0.4) is 0 Å². The Hall–Kier alpha value is -1.79. The van der Waals surface area contributed by atoms with Crippen LogP contribution >= 0.6 is 12.4 Å². The predicted octanol–water partition coefficient (Wildman–Crippen LogP) is 1.85. The van der Waals surface area contributed by atoms with Crippen LogP contribution in [-0.4, -0.2) is 56.1 Å². The van der Waals surface area contributed by atoms with E-state index in [-0.39, 0.29) is 24.3 Å². The molecule has 0 unspecified atom stereocenters. The molecule has 132 valence electrons. The number of anilines is 1. The lowest BCUT2D eigenvalue weighted by Crippen LogP contribution is -2.46. The van der Waals surface area contributed by atoms with Gasteiger partial charge in [0, 0.05) is 43.5 Å². The van der Waals surface area contributed by atoms with Crippen molar-refractivity contribution in [2.24, 2.45) is 0 Å². The summed E-state index contributed by atoms with van der Waals surface area (Å²) in [6, 6.07) is 7.81. The highest BCUT2D eigenvalue weighted by Crippen LogP contribution is 2.21. The second-order valence-corrected chi connectivity index (χ2v) is 6.14. The first kappa shape index (κ1) is 18.5. The van der Waals surface area contributed by atoms with Crippen LogP contribution in [0.15, 0.2) is 24.3 Å². The number of nitrogens with one attached hydrogen (secondary N) is 2. The zero-order valence-corrected chi connectivity index (χ0v) is 14.8. The molecule has 6 nitrogen and oxygen atoms in total. The number of hydrogen-bond donors (Lipinski definition) is 2. The van der Waals surface area contributed by atoms with Gasteiger partial charge >= 0.3 is 6.03 Å². The van der Waals surface area contributed by atoms with E-state index < -0.39 is 0 Å². The minimum absolute atomic E-state index is 0. The van der Waals surface area contributed by atoms with Gasteiger partial charge in [-0.05, 0) is 44.5 Å². The minimum Gasteiger partial charge on any atom is -0.339 e. The SMILES string of the molecule is CNC1CCN(C(=O)c2cccc(N3CCCNC3=O)c2)CC1.Cl. The molecule has 1 aromatic rings. The van der Waals surface area contributed by atoms with Crippen molar-refractivity contribution in [3.8, 4) is 0 Å². The molecule has 0 radical (unpaired) electrons. The smallest absolute Gasteiger partial charge is 0.321 e. The van der Waals surface area contributed by atoms with Crippen molar-refractivity contribution in [3.63, 3.8) is 0 Å². The Morgan fingerprint density at radius 3 is 2.67 bits per heavy atom. The summed E-state index contributed by atoms with van der Waals surface area (Å²) in [7, 11) is 1.97. The van der Waals surface area contributed by atoms with E-state index in [2.05, 4.69) is 10.6 Å². The Morgan fingerprint density at radius 1 is 1.25 bits per heavy atom. The molecule has 0 aromatic heterocycles. The van der Waals surface area contributed by atoms with Crippen molar-refractivity contribution in [1.29, 1.82) is 0 Å². The standard InChI is InChI=1S/C17H24N4O2.ClH/c1-18-14-6-10-20(11-7-14)16(22)13-4-2-5-15(12-13)21-9-3-8-19-17(21)23;/h2,4-5,12,14,18H,3,6-11H2,1H3,(H,19,23);1H. The van der Waals surface area contributed by atoms with Gasteiger partial charge in [0.25, 0.3) is 5.91 Å². The number of benzene rings is 1. The van der Waals surface area contributed by atoms with Crippen LogP contribution in [0.2, 0.25) is 0 Å². The number of likely N-dealkylation sites (tertiary alicyclic amines) is 1.